The first-order chi connectivity index (χ1) is 9.25. The number of carboxylic acids is 2. The van der Waals surface area contributed by atoms with Crippen LogP contribution < -0.4 is 0 Å². The first kappa shape index (κ1) is 15.3. The van der Waals surface area contributed by atoms with Gasteiger partial charge in [0.25, 0.3) is 5.60 Å². The van der Waals surface area contributed by atoms with Crippen molar-refractivity contribution in [3.8, 4) is 6.07 Å². The molecule has 1 rings (SSSR count). The third-order valence-corrected chi connectivity index (χ3v) is 2.58. The highest BCUT2D eigenvalue weighted by atomic mass is 16.4. The predicted molar refractivity (Wildman–Crippen MR) is 61.7 cm³/mol. The highest BCUT2D eigenvalue weighted by molar-refractivity contribution is 6.17. The van der Waals surface area contributed by atoms with Crippen LogP contribution in [0.2, 0.25) is 0 Å². The van der Waals surface area contributed by atoms with Gasteiger partial charge in [0.15, 0.2) is 6.10 Å². The molecular formula is C12H9NO7. The van der Waals surface area contributed by atoms with Gasteiger partial charge in [0.05, 0.1) is 11.6 Å². The number of hydrogen-bond acceptors (Lipinski definition) is 6. The minimum absolute atomic E-state index is 0.180. The largest absolute Gasteiger partial charge is 0.479 e. The Labute approximate surface area is 112 Å². The summed E-state index contributed by atoms with van der Waals surface area (Å²) in [5, 5.41) is 45.0. The lowest BCUT2D eigenvalue weighted by atomic mass is 9.87. The van der Waals surface area contributed by atoms with Gasteiger partial charge in [-0.15, -0.1) is 0 Å². The van der Waals surface area contributed by atoms with Crippen LogP contribution in [-0.2, 0) is 9.59 Å². The molecule has 0 aromatic heterocycles. The Morgan fingerprint density at radius 3 is 2.00 bits per heavy atom. The second-order valence-electron chi connectivity index (χ2n) is 3.83. The lowest BCUT2D eigenvalue weighted by molar-refractivity contribution is -0.175. The molecule has 0 aliphatic carbocycles. The van der Waals surface area contributed by atoms with E-state index in [9.17, 15) is 24.6 Å². The fourth-order valence-corrected chi connectivity index (χ4v) is 1.43. The van der Waals surface area contributed by atoms with Gasteiger partial charge >= 0.3 is 11.9 Å². The zero-order valence-electron chi connectivity index (χ0n) is 9.85. The van der Waals surface area contributed by atoms with Crippen LogP contribution in [0.4, 0.5) is 0 Å². The van der Waals surface area contributed by atoms with Crippen molar-refractivity contribution in [2.24, 2.45) is 0 Å². The summed E-state index contributed by atoms with van der Waals surface area (Å²) in [7, 11) is 0. The monoisotopic (exact) mass is 279 g/mol. The molecule has 0 saturated carbocycles. The molecule has 0 aliphatic rings. The summed E-state index contributed by atoms with van der Waals surface area (Å²) in [5.41, 5.74) is -3.69. The molecule has 0 radical (unpaired) electrons. The maximum atomic E-state index is 11.9. The summed E-state index contributed by atoms with van der Waals surface area (Å²) in [6, 6.07) is 6.22. The number of nitrogens with zero attached hydrogens (tertiary/aromatic N) is 1. The SMILES string of the molecule is N#Cc1ccc(C(=O)C(O)(C(=O)O)C(O)C(=O)O)cc1. The summed E-state index contributed by atoms with van der Waals surface area (Å²) in [6.45, 7) is 0. The molecule has 0 saturated heterocycles. The summed E-state index contributed by atoms with van der Waals surface area (Å²) in [5.74, 6) is -5.75. The number of aliphatic hydroxyl groups is 2. The third kappa shape index (κ3) is 2.49. The van der Waals surface area contributed by atoms with Crippen LogP contribution >= 0.6 is 0 Å². The number of hydrogen-bond donors (Lipinski definition) is 4. The molecule has 20 heavy (non-hydrogen) atoms. The van der Waals surface area contributed by atoms with Crippen LogP contribution in [0.3, 0.4) is 0 Å². The third-order valence-electron chi connectivity index (χ3n) is 2.58. The van der Waals surface area contributed by atoms with Gasteiger partial charge in [0.1, 0.15) is 0 Å². The van der Waals surface area contributed by atoms with Crippen LogP contribution in [0.25, 0.3) is 0 Å². The van der Waals surface area contributed by atoms with E-state index in [1.165, 1.54) is 12.1 Å². The van der Waals surface area contributed by atoms with E-state index in [0.717, 1.165) is 12.1 Å². The molecule has 104 valence electrons. The second kappa shape index (κ2) is 5.48. The van der Waals surface area contributed by atoms with E-state index in [-0.39, 0.29) is 11.1 Å². The first-order valence-corrected chi connectivity index (χ1v) is 5.16. The molecular weight excluding hydrogens is 270 g/mol. The Kier molecular flexibility index (Phi) is 4.19. The molecule has 1 aromatic rings. The molecule has 0 spiro atoms. The van der Waals surface area contributed by atoms with E-state index >= 15 is 0 Å². The molecule has 8 nitrogen and oxygen atoms in total. The summed E-state index contributed by atoms with van der Waals surface area (Å²) in [6.07, 6.45) is -2.83. The molecule has 0 heterocycles. The predicted octanol–water partition coefficient (Wildman–Crippen LogP) is -0.998. The molecule has 4 N–H and O–H groups in total. The van der Waals surface area contributed by atoms with E-state index < -0.39 is 29.4 Å². The van der Waals surface area contributed by atoms with Gasteiger partial charge in [-0.05, 0) is 24.3 Å². The number of nitriles is 1. The Hall–Kier alpha value is -2.76. The topological polar surface area (TPSA) is 156 Å². The fraction of sp³-hybridized carbons (Fsp3) is 0.167. The highest BCUT2D eigenvalue weighted by Gasteiger charge is 2.54. The van der Waals surface area contributed by atoms with Gasteiger partial charge in [-0.1, -0.05) is 0 Å². The van der Waals surface area contributed by atoms with Crippen molar-refractivity contribution >= 4 is 17.7 Å². The molecule has 2 unspecified atom stereocenters. The number of ketones is 1. The van der Waals surface area contributed by atoms with Gasteiger partial charge < -0.3 is 20.4 Å². The normalized spacial score (nSPS) is 14.7. The number of carbonyl (C=O) groups excluding carboxylic acids is 1. The van der Waals surface area contributed by atoms with Crippen molar-refractivity contribution in [2.75, 3.05) is 0 Å². The summed E-state index contributed by atoms with van der Waals surface area (Å²) < 4.78 is 0. The van der Waals surface area contributed by atoms with Crippen molar-refractivity contribution in [3.05, 3.63) is 35.4 Å². The van der Waals surface area contributed by atoms with Crippen molar-refractivity contribution in [1.29, 1.82) is 5.26 Å². The van der Waals surface area contributed by atoms with Crippen molar-refractivity contribution in [2.45, 2.75) is 11.7 Å². The minimum Gasteiger partial charge on any atom is -0.479 e. The standard InChI is InChI=1S/C12H9NO7/c13-5-6-1-3-7(4-2-6)8(14)12(20,11(18)19)9(15)10(16)17/h1-4,9,15,20H,(H,16,17)(H,18,19). The Bertz CT molecular complexity index is 601. The van der Waals surface area contributed by atoms with E-state index in [1.54, 1.807) is 6.07 Å². The van der Waals surface area contributed by atoms with Crippen molar-refractivity contribution in [3.63, 3.8) is 0 Å². The van der Waals surface area contributed by atoms with E-state index in [0.29, 0.717) is 0 Å². The van der Waals surface area contributed by atoms with Crippen LogP contribution in [0.1, 0.15) is 15.9 Å². The van der Waals surface area contributed by atoms with Gasteiger partial charge in [0.2, 0.25) is 5.78 Å². The van der Waals surface area contributed by atoms with E-state index in [4.69, 9.17) is 15.5 Å². The number of Topliss-reactive ketones (excluding diaryl/α,β-unsaturated/α-hetero) is 1. The highest BCUT2D eigenvalue weighted by Crippen LogP contribution is 2.19. The molecule has 8 heteroatoms. The molecule has 2 atom stereocenters. The zero-order chi connectivity index (χ0) is 15.5. The van der Waals surface area contributed by atoms with Crippen LogP contribution in [0.5, 0.6) is 0 Å². The molecule has 0 bridgehead atoms. The fourth-order valence-electron chi connectivity index (χ4n) is 1.43. The van der Waals surface area contributed by atoms with E-state index in [1.807, 2.05) is 0 Å². The molecule has 0 amide bonds. The Balaban J connectivity index is 3.28. The maximum absolute atomic E-state index is 11.9. The van der Waals surface area contributed by atoms with Crippen LogP contribution in [0.15, 0.2) is 24.3 Å². The van der Waals surface area contributed by atoms with Gasteiger partial charge in [-0.25, -0.2) is 9.59 Å². The quantitative estimate of drug-likeness (QED) is 0.395. The average molecular weight is 279 g/mol. The lowest BCUT2D eigenvalue weighted by Gasteiger charge is -2.24. The van der Waals surface area contributed by atoms with Gasteiger partial charge in [-0.3, -0.25) is 4.79 Å². The molecule has 0 fully saturated rings. The van der Waals surface area contributed by atoms with Crippen LogP contribution in [0, 0.1) is 11.3 Å². The van der Waals surface area contributed by atoms with Gasteiger partial charge in [0, 0.05) is 5.56 Å². The zero-order valence-corrected chi connectivity index (χ0v) is 9.85. The van der Waals surface area contributed by atoms with Crippen molar-refractivity contribution in [1.82, 2.24) is 0 Å². The Morgan fingerprint density at radius 2 is 1.65 bits per heavy atom. The summed E-state index contributed by atoms with van der Waals surface area (Å²) >= 11 is 0. The second-order valence-corrected chi connectivity index (χ2v) is 3.83. The molecule has 0 aliphatic heterocycles. The number of aliphatic carboxylic acids is 2. The number of carbonyl (C=O) groups is 3. The van der Waals surface area contributed by atoms with Crippen LogP contribution in [-0.4, -0.2) is 49.9 Å². The minimum atomic E-state index is -3.51. The number of aliphatic hydroxyl groups excluding tert-OH is 1. The smallest absolute Gasteiger partial charge is 0.347 e. The first-order valence-electron chi connectivity index (χ1n) is 5.16. The average Bonchev–Trinajstić information content (AvgIpc) is 2.44. The maximum Gasteiger partial charge on any atom is 0.347 e. The lowest BCUT2D eigenvalue weighted by Crippen LogP contribution is -2.58. The number of carboxylic acid groups (broad SMARTS) is 2. The molecule has 1 aromatic carbocycles. The number of rotatable bonds is 5. The number of benzene rings is 1. The Morgan fingerprint density at radius 1 is 1.15 bits per heavy atom. The van der Waals surface area contributed by atoms with Gasteiger partial charge in [-0.2, -0.15) is 5.26 Å². The van der Waals surface area contributed by atoms with Crippen molar-refractivity contribution < 1.29 is 34.8 Å². The summed E-state index contributed by atoms with van der Waals surface area (Å²) in [4.78, 5) is 33.5. The van der Waals surface area contributed by atoms with E-state index in [2.05, 4.69) is 0 Å².